The fourth-order valence-corrected chi connectivity index (χ4v) is 2.95. The van der Waals surface area contributed by atoms with E-state index in [9.17, 15) is 4.79 Å². The lowest BCUT2D eigenvalue weighted by Crippen LogP contribution is -2.16. The van der Waals surface area contributed by atoms with Gasteiger partial charge in [-0.05, 0) is 34.8 Å². The Hall–Kier alpha value is -2.46. The summed E-state index contributed by atoms with van der Waals surface area (Å²) >= 11 is 5.15. The minimum absolute atomic E-state index is 0.134. The lowest BCUT2D eigenvalue weighted by atomic mass is 9.97. The van der Waals surface area contributed by atoms with Crippen LogP contribution in [-0.2, 0) is 6.42 Å². The number of hydrogen-bond donors (Lipinski definition) is 2. The van der Waals surface area contributed by atoms with Gasteiger partial charge in [-0.2, -0.15) is 0 Å². The van der Waals surface area contributed by atoms with Crippen molar-refractivity contribution in [3.63, 3.8) is 0 Å². The van der Waals surface area contributed by atoms with Gasteiger partial charge in [0.2, 0.25) is 0 Å². The van der Waals surface area contributed by atoms with Crippen molar-refractivity contribution in [2.24, 2.45) is 0 Å². The van der Waals surface area contributed by atoms with Crippen LogP contribution in [0.3, 0.4) is 0 Å². The van der Waals surface area contributed by atoms with Crippen LogP contribution in [-0.4, -0.2) is 9.97 Å². The van der Waals surface area contributed by atoms with E-state index in [0.717, 1.165) is 16.8 Å². The largest absolute Gasteiger partial charge is 0.331 e. The molecule has 0 fully saturated rings. The van der Waals surface area contributed by atoms with Crippen LogP contribution in [0.15, 0.2) is 59.4 Å². The van der Waals surface area contributed by atoms with Crippen molar-refractivity contribution in [2.45, 2.75) is 26.2 Å². The molecule has 1 aromatic heterocycles. The highest BCUT2D eigenvalue weighted by atomic mass is 32.1. The van der Waals surface area contributed by atoms with Crippen molar-refractivity contribution >= 4 is 12.2 Å². The average Bonchev–Trinajstić information content (AvgIpc) is 2.58. The van der Waals surface area contributed by atoms with E-state index in [1.165, 1.54) is 5.56 Å². The van der Waals surface area contributed by atoms with Gasteiger partial charge in [0.25, 0.3) is 5.56 Å². The molecule has 3 nitrogen and oxygen atoms in total. The summed E-state index contributed by atoms with van der Waals surface area (Å²) in [6.45, 7) is 4.34. The second kappa shape index (κ2) is 6.97. The molecule has 1 heterocycles. The van der Waals surface area contributed by atoms with Gasteiger partial charge in [0.15, 0.2) is 4.77 Å². The zero-order valence-corrected chi connectivity index (χ0v) is 14.6. The Labute approximate surface area is 146 Å². The van der Waals surface area contributed by atoms with Crippen LogP contribution in [0.1, 0.15) is 36.5 Å². The quantitative estimate of drug-likeness (QED) is 0.672. The molecule has 0 unspecified atom stereocenters. The summed E-state index contributed by atoms with van der Waals surface area (Å²) in [4.78, 5) is 18.3. The fourth-order valence-electron chi connectivity index (χ4n) is 2.76. The SMILES string of the molecule is CC(C)c1ccc(Cc2c(-c3ccccc3)[nH]c(=S)[nH]c2=O)cc1. The summed E-state index contributed by atoms with van der Waals surface area (Å²) in [6.07, 6.45) is 0.560. The van der Waals surface area contributed by atoms with E-state index >= 15 is 0 Å². The Kier molecular flexibility index (Phi) is 4.76. The molecule has 0 saturated carbocycles. The van der Waals surface area contributed by atoms with Gasteiger partial charge in [-0.25, -0.2) is 0 Å². The molecule has 3 rings (SSSR count). The highest BCUT2D eigenvalue weighted by Gasteiger charge is 2.11. The monoisotopic (exact) mass is 336 g/mol. The first-order valence-corrected chi connectivity index (χ1v) is 8.45. The van der Waals surface area contributed by atoms with Crippen LogP contribution in [0, 0.1) is 4.77 Å². The van der Waals surface area contributed by atoms with Crippen LogP contribution >= 0.6 is 12.2 Å². The van der Waals surface area contributed by atoms with Gasteiger partial charge in [0, 0.05) is 12.0 Å². The predicted octanol–water partition coefficient (Wildman–Crippen LogP) is 4.81. The molecule has 0 bridgehead atoms. The molecule has 24 heavy (non-hydrogen) atoms. The maximum atomic E-state index is 12.5. The molecule has 0 spiro atoms. The van der Waals surface area contributed by atoms with Gasteiger partial charge in [0.05, 0.1) is 5.69 Å². The Balaban J connectivity index is 2.04. The van der Waals surface area contributed by atoms with Gasteiger partial charge >= 0.3 is 0 Å². The van der Waals surface area contributed by atoms with E-state index in [2.05, 4.69) is 48.1 Å². The minimum Gasteiger partial charge on any atom is -0.331 e. The molecule has 2 aromatic carbocycles. The van der Waals surface area contributed by atoms with E-state index < -0.39 is 0 Å². The minimum atomic E-state index is -0.134. The van der Waals surface area contributed by atoms with E-state index in [1.807, 2.05) is 30.3 Å². The van der Waals surface area contributed by atoms with Gasteiger partial charge in [-0.1, -0.05) is 68.4 Å². The zero-order valence-electron chi connectivity index (χ0n) is 13.8. The van der Waals surface area contributed by atoms with Crippen molar-refractivity contribution in [3.8, 4) is 11.3 Å². The third-order valence-electron chi connectivity index (χ3n) is 4.13. The van der Waals surface area contributed by atoms with Crippen molar-refractivity contribution in [1.29, 1.82) is 0 Å². The summed E-state index contributed by atoms with van der Waals surface area (Å²) < 4.78 is 0.345. The lowest BCUT2D eigenvalue weighted by molar-refractivity contribution is 0.865. The van der Waals surface area contributed by atoms with Gasteiger partial charge in [-0.15, -0.1) is 0 Å². The Morgan fingerprint density at radius 3 is 2.25 bits per heavy atom. The van der Waals surface area contributed by atoms with Crippen LogP contribution in [0.25, 0.3) is 11.3 Å². The molecule has 0 atom stereocenters. The van der Waals surface area contributed by atoms with E-state index in [1.54, 1.807) is 0 Å². The van der Waals surface area contributed by atoms with Gasteiger partial charge in [0.1, 0.15) is 0 Å². The topological polar surface area (TPSA) is 48.6 Å². The summed E-state index contributed by atoms with van der Waals surface area (Å²) in [5.74, 6) is 0.496. The number of hydrogen-bond acceptors (Lipinski definition) is 2. The molecule has 2 N–H and O–H groups in total. The molecular weight excluding hydrogens is 316 g/mol. The predicted molar refractivity (Wildman–Crippen MR) is 101 cm³/mol. The van der Waals surface area contributed by atoms with E-state index in [-0.39, 0.29) is 5.56 Å². The van der Waals surface area contributed by atoms with Gasteiger partial charge < -0.3 is 4.98 Å². The van der Waals surface area contributed by atoms with Crippen molar-refractivity contribution in [2.75, 3.05) is 0 Å². The Morgan fingerprint density at radius 2 is 1.62 bits per heavy atom. The first-order chi connectivity index (χ1) is 11.5. The fraction of sp³-hybridized carbons (Fsp3) is 0.200. The number of aromatic amines is 2. The standard InChI is InChI=1S/C20H20N2OS/c1-13(2)15-10-8-14(9-11-15)12-17-18(16-6-4-3-5-7-16)21-20(24)22-19(17)23/h3-11,13H,12H2,1-2H3,(H2,21,22,23,24). The summed E-state index contributed by atoms with van der Waals surface area (Å²) in [6, 6.07) is 18.2. The maximum Gasteiger partial charge on any atom is 0.255 e. The van der Waals surface area contributed by atoms with Crippen LogP contribution in [0.4, 0.5) is 0 Å². The second-order valence-electron chi connectivity index (χ2n) is 6.20. The number of aromatic nitrogens is 2. The Bertz CT molecular complexity index is 938. The highest BCUT2D eigenvalue weighted by molar-refractivity contribution is 7.71. The first kappa shape index (κ1) is 16.4. The smallest absolute Gasteiger partial charge is 0.255 e. The van der Waals surface area contributed by atoms with Crippen LogP contribution < -0.4 is 5.56 Å². The molecule has 122 valence electrons. The third kappa shape index (κ3) is 3.54. The number of H-pyrrole nitrogens is 2. The third-order valence-corrected chi connectivity index (χ3v) is 4.34. The number of rotatable bonds is 4. The first-order valence-electron chi connectivity index (χ1n) is 8.04. The number of benzene rings is 2. The molecule has 4 heteroatoms. The van der Waals surface area contributed by atoms with Crippen molar-refractivity contribution in [3.05, 3.63) is 86.4 Å². The average molecular weight is 336 g/mol. The number of nitrogens with one attached hydrogen (secondary N) is 2. The summed E-state index contributed by atoms with van der Waals surface area (Å²) in [7, 11) is 0. The molecule has 0 aliphatic heterocycles. The van der Waals surface area contributed by atoms with Crippen molar-refractivity contribution < 1.29 is 0 Å². The molecule has 0 saturated heterocycles. The maximum absolute atomic E-state index is 12.5. The van der Waals surface area contributed by atoms with E-state index in [4.69, 9.17) is 12.2 Å². The van der Waals surface area contributed by atoms with E-state index in [0.29, 0.717) is 22.7 Å². The highest BCUT2D eigenvalue weighted by Crippen LogP contribution is 2.22. The Morgan fingerprint density at radius 1 is 0.958 bits per heavy atom. The molecule has 0 amide bonds. The second-order valence-corrected chi connectivity index (χ2v) is 6.61. The summed E-state index contributed by atoms with van der Waals surface area (Å²) in [5.41, 5.74) is 4.72. The normalized spacial score (nSPS) is 11.0. The molecule has 0 aliphatic carbocycles. The molecule has 0 radical (unpaired) electrons. The van der Waals surface area contributed by atoms with Gasteiger partial charge in [-0.3, -0.25) is 9.78 Å². The van der Waals surface area contributed by atoms with Crippen LogP contribution in [0.2, 0.25) is 0 Å². The molecule has 0 aliphatic rings. The van der Waals surface area contributed by atoms with Crippen LogP contribution in [0.5, 0.6) is 0 Å². The van der Waals surface area contributed by atoms with Crippen molar-refractivity contribution in [1.82, 2.24) is 9.97 Å². The zero-order chi connectivity index (χ0) is 17.1. The summed E-state index contributed by atoms with van der Waals surface area (Å²) in [5, 5.41) is 0. The lowest BCUT2D eigenvalue weighted by Gasteiger charge is -2.10. The molecular formula is C20H20N2OS. The molecule has 3 aromatic rings.